The van der Waals surface area contributed by atoms with Crippen LogP contribution < -0.4 is 16.3 Å². The topological polar surface area (TPSA) is 182 Å². The monoisotopic (exact) mass is 846 g/mol. The van der Waals surface area contributed by atoms with Crippen LogP contribution in [-0.4, -0.2) is 87.7 Å². The molecule has 16 nitrogen and oxygen atoms in total. The number of halogens is 1. The third kappa shape index (κ3) is 6.26. The molecule has 10 rings (SSSR count). The van der Waals surface area contributed by atoms with Crippen molar-refractivity contribution in [2.75, 3.05) is 44.0 Å². The summed E-state index contributed by atoms with van der Waals surface area (Å²) in [6, 6.07) is 17.3. The van der Waals surface area contributed by atoms with Crippen LogP contribution in [0.1, 0.15) is 64.5 Å². The Morgan fingerprint density at radius 3 is 2.28 bits per heavy atom. The lowest BCUT2D eigenvalue weighted by atomic mass is 9.98. The molecule has 6 heterocycles. The summed E-state index contributed by atoms with van der Waals surface area (Å²) in [6.45, 7) is 8.34. The van der Waals surface area contributed by atoms with E-state index in [4.69, 9.17) is 19.1 Å². The first-order valence-corrected chi connectivity index (χ1v) is 22.1. The maximum Gasteiger partial charge on any atom is 0.438 e. The Bertz CT molecular complexity index is 3120. The Morgan fingerprint density at radius 2 is 1.62 bits per heavy atom. The van der Waals surface area contributed by atoms with Gasteiger partial charge in [-0.2, -0.15) is 5.10 Å². The Labute approximate surface area is 348 Å². The van der Waals surface area contributed by atoms with Gasteiger partial charge in [0.05, 0.1) is 46.1 Å². The van der Waals surface area contributed by atoms with Gasteiger partial charge in [0.1, 0.15) is 22.9 Å². The summed E-state index contributed by atoms with van der Waals surface area (Å²) >= 11 is 0. The molecule has 18 heteroatoms. The van der Waals surface area contributed by atoms with E-state index in [0.717, 1.165) is 29.7 Å². The first kappa shape index (κ1) is 38.7. The highest BCUT2D eigenvalue weighted by Crippen LogP contribution is 2.51. The number of fused-ring (bicyclic) bond motifs is 2. The molecule has 2 fully saturated rings. The summed E-state index contributed by atoms with van der Waals surface area (Å²) < 4.78 is 52.5. The van der Waals surface area contributed by atoms with Gasteiger partial charge in [-0.15, -0.1) is 0 Å². The fraction of sp³-hybridized carbons (Fsp3) is 0.326. The summed E-state index contributed by atoms with van der Waals surface area (Å²) in [6.07, 6.45) is 6.22. The molecule has 7 aromatic rings. The second-order valence-electron chi connectivity index (χ2n) is 16.3. The number of hydrogen-bond donors (Lipinski definition) is 2. The molecule has 0 bridgehead atoms. The van der Waals surface area contributed by atoms with Crippen molar-refractivity contribution >= 4 is 32.2 Å². The third-order valence-corrected chi connectivity index (χ3v) is 13.5. The quantitative estimate of drug-likeness (QED) is 0.203. The number of rotatable bonds is 8. The van der Waals surface area contributed by atoms with E-state index in [1.165, 1.54) is 15.4 Å². The van der Waals surface area contributed by atoms with Gasteiger partial charge in [0.25, 0.3) is 5.91 Å². The second kappa shape index (κ2) is 14.0. The molecule has 1 amide bonds. The van der Waals surface area contributed by atoms with Crippen molar-refractivity contribution in [3.05, 3.63) is 134 Å². The van der Waals surface area contributed by atoms with Crippen molar-refractivity contribution in [1.29, 1.82) is 4.78 Å². The number of anilines is 1. The van der Waals surface area contributed by atoms with Crippen molar-refractivity contribution in [3.8, 4) is 17.2 Å². The minimum absolute atomic E-state index is 0.251. The van der Waals surface area contributed by atoms with E-state index in [2.05, 4.69) is 21.1 Å². The number of hydrogen-bond acceptors (Lipinski definition) is 10. The molecular weight excluding hydrogens is 804 g/mol. The lowest BCUT2D eigenvalue weighted by Crippen LogP contribution is -2.41. The number of aromatic amines is 1. The molecule has 1 aliphatic carbocycles. The van der Waals surface area contributed by atoms with Crippen molar-refractivity contribution in [2.24, 2.45) is 0 Å². The number of imidazole rings is 1. The van der Waals surface area contributed by atoms with Crippen LogP contribution in [0.4, 0.5) is 10.1 Å². The van der Waals surface area contributed by atoms with Gasteiger partial charge in [-0.25, -0.2) is 27.6 Å². The van der Waals surface area contributed by atoms with E-state index < -0.39 is 32.8 Å². The number of H-pyrrole nitrogens is 1. The number of ether oxygens (including phenoxy) is 1. The summed E-state index contributed by atoms with van der Waals surface area (Å²) in [5, 5.41) is 10.0. The molecular formula is C43H43FN10O6S. The van der Waals surface area contributed by atoms with E-state index in [1.807, 2.05) is 29.7 Å². The highest BCUT2D eigenvalue weighted by Gasteiger charge is 2.52. The number of morpholine rings is 1. The number of amides is 1. The van der Waals surface area contributed by atoms with Crippen LogP contribution in [0.25, 0.3) is 28.1 Å². The van der Waals surface area contributed by atoms with Gasteiger partial charge in [-0.3, -0.25) is 23.4 Å². The molecule has 1 saturated carbocycles. The summed E-state index contributed by atoms with van der Waals surface area (Å²) in [4.78, 5) is 49.2. The van der Waals surface area contributed by atoms with E-state index in [1.54, 1.807) is 72.2 Å². The second-order valence-corrected chi connectivity index (χ2v) is 18.4. The van der Waals surface area contributed by atoms with E-state index >= 15 is 9.18 Å². The fourth-order valence-corrected chi connectivity index (χ4v) is 9.75. The zero-order valence-electron chi connectivity index (χ0n) is 34.0. The molecule has 61 heavy (non-hydrogen) atoms. The zero-order valence-corrected chi connectivity index (χ0v) is 34.8. The highest BCUT2D eigenvalue weighted by atomic mass is 32.2. The molecule has 314 valence electrons. The van der Waals surface area contributed by atoms with Gasteiger partial charge in [0.2, 0.25) is 0 Å². The molecule has 2 N–H and O–H groups in total. The van der Waals surface area contributed by atoms with Gasteiger partial charge >= 0.3 is 11.4 Å². The first-order valence-electron chi connectivity index (χ1n) is 20.1. The highest BCUT2D eigenvalue weighted by molar-refractivity contribution is 7.91. The molecule has 1 saturated heterocycles. The summed E-state index contributed by atoms with van der Waals surface area (Å²) in [5.74, 6) is -0.501. The standard InChI is InChI=1S/C43H43FN10O6S/c1-25-21-31(22-26(2)37(25)44)54-38(52-16-15-51(42(52)57)29-5-8-32(9-6-29)61(4,45)58)36-27(3)50(14-11-33(36)47-54)39(55)35-24-28-23-30(49-17-19-59-20-18-49)7-10-34(28)53(35)43(12-13-43)40-46-41(56)60-48-40/h5-10,15-16,21-24,27,45H,11-14,17-20H2,1-4H3,(H,46,48,56)/t27-,61+/m0/s1. The lowest BCUT2D eigenvalue weighted by molar-refractivity contribution is 0.0664. The average Bonchev–Trinajstić information content (AvgIpc) is 3.54. The summed E-state index contributed by atoms with van der Waals surface area (Å²) in [7, 11) is -2.96. The first-order chi connectivity index (χ1) is 29.2. The number of nitrogens with zero attached hydrogens (tertiary/aromatic N) is 8. The van der Waals surface area contributed by atoms with Crippen LogP contribution in [0.5, 0.6) is 0 Å². The molecule has 2 atom stereocenters. The van der Waals surface area contributed by atoms with E-state index in [0.29, 0.717) is 95.0 Å². The van der Waals surface area contributed by atoms with Crippen molar-refractivity contribution in [3.63, 3.8) is 0 Å². The Kier molecular flexibility index (Phi) is 8.88. The Hall–Kier alpha value is -6.53. The third-order valence-electron chi connectivity index (χ3n) is 12.4. The molecule has 0 spiro atoms. The van der Waals surface area contributed by atoms with Crippen molar-refractivity contribution in [1.82, 2.24) is 38.5 Å². The number of nitrogens with one attached hydrogen (secondary N) is 2. The van der Waals surface area contributed by atoms with Gasteiger partial charge < -0.3 is 19.1 Å². The Balaban J connectivity index is 1.11. The molecule has 0 radical (unpaired) electrons. The number of carbonyl (C=O) groups excluding carboxylic acids is 1. The molecule has 3 aromatic carbocycles. The van der Waals surface area contributed by atoms with Gasteiger partial charge in [-0.05, 0) is 105 Å². The van der Waals surface area contributed by atoms with E-state index in [9.17, 15) is 13.8 Å². The molecule has 4 aromatic heterocycles. The van der Waals surface area contributed by atoms with Crippen LogP contribution >= 0.6 is 0 Å². The molecule has 2 aliphatic heterocycles. The number of aryl methyl sites for hydroxylation is 2. The van der Waals surface area contributed by atoms with Crippen LogP contribution in [0.2, 0.25) is 0 Å². The predicted molar refractivity (Wildman–Crippen MR) is 225 cm³/mol. The predicted octanol–water partition coefficient (Wildman–Crippen LogP) is 5.37. The zero-order chi connectivity index (χ0) is 42.5. The lowest BCUT2D eigenvalue weighted by Gasteiger charge is -2.34. The van der Waals surface area contributed by atoms with Crippen molar-refractivity contribution < 1.29 is 22.7 Å². The smallest absolute Gasteiger partial charge is 0.378 e. The van der Waals surface area contributed by atoms with Gasteiger partial charge in [0.15, 0.2) is 5.82 Å². The number of benzene rings is 3. The minimum atomic E-state index is -2.96. The van der Waals surface area contributed by atoms with E-state index in [-0.39, 0.29) is 11.7 Å². The minimum Gasteiger partial charge on any atom is -0.378 e. The average molecular weight is 847 g/mol. The van der Waals surface area contributed by atoms with Gasteiger partial charge in [0, 0.05) is 71.8 Å². The normalized spacial score (nSPS) is 18.3. The number of aromatic nitrogens is 7. The largest absolute Gasteiger partial charge is 0.438 e. The number of carbonyl (C=O) groups is 1. The Morgan fingerprint density at radius 1 is 0.934 bits per heavy atom. The van der Waals surface area contributed by atoms with Crippen LogP contribution in [0, 0.1) is 24.4 Å². The molecule has 0 unspecified atom stereocenters. The van der Waals surface area contributed by atoms with Crippen LogP contribution in [-0.2, 0) is 26.4 Å². The molecule has 3 aliphatic rings. The van der Waals surface area contributed by atoms with Crippen LogP contribution in [0.3, 0.4) is 0 Å². The van der Waals surface area contributed by atoms with Crippen LogP contribution in [0.15, 0.2) is 92.1 Å². The summed E-state index contributed by atoms with van der Waals surface area (Å²) in [5.41, 5.74) is 4.24. The SMILES string of the molecule is Cc1cc(-n2nc3c(c2-n2ccn(-c4ccc([S@](C)(=N)=O)cc4)c2=O)[C@H](C)N(C(=O)c2cc4cc(N5CCOCC5)ccc4n2C2(c4noc(=O)[nH]4)CC2)CC3)cc(C)c1F. The fourth-order valence-electron chi connectivity index (χ4n) is 9.09. The van der Waals surface area contributed by atoms with Gasteiger partial charge in [-0.1, -0.05) is 5.16 Å². The maximum atomic E-state index is 15.3. The van der Waals surface area contributed by atoms with Crippen molar-refractivity contribution in [2.45, 2.75) is 56.5 Å². The maximum absolute atomic E-state index is 15.3.